The maximum absolute atomic E-state index is 12.8. The van der Waals surface area contributed by atoms with Crippen LogP contribution in [0.1, 0.15) is 16.7 Å². The second-order valence-electron chi connectivity index (χ2n) is 6.74. The molecular weight excluding hydrogens is 360 g/mol. The first-order chi connectivity index (χ1) is 14.0. The summed E-state index contributed by atoms with van der Waals surface area (Å²) in [4.78, 5) is 12.8. The highest BCUT2D eigenvalue weighted by Crippen LogP contribution is 2.30. The van der Waals surface area contributed by atoms with Crippen molar-refractivity contribution in [1.82, 2.24) is 0 Å². The van der Waals surface area contributed by atoms with Gasteiger partial charge in [-0.25, -0.2) is 0 Å². The molecule has 3 aromatic carbocycles. The van der Waals surface area contributed by atoms with Gasteiger partial charge in [-0.05, 0) is 54.0 Å². The van der Waals surface area contributed by atoms with Crippen LogP contribution in [-0.4, -0.2) is 12.5 Å². The molecule has 0 aliphatic carbocycles. The zero-order chi connectivity index (χ0) is 20.8. The number of nitrogens with zero attached hydrogens (tertiary/aromatic N) is 1. The van der Waals surface area contributed by atoms with Gasteiger partial charge < -0.3 is 10.1 Å². The Bertz CT molecular complexity index is 1150. The average Bonchev–Trinajstić information content (AvgIpc) is 2.73. The molecule has 0 saturated heterocycles. The summed E-state index contributed by atoms with van der Waals surface area (Å²) in [7, 11) is 0. The third-order valence-electron chi connectivity index (χ3n) is 4.58. The van der Waals surface area contributed by atoms with Gasteiger partial charge in [-0.3, -0.25) is 4.79 Å². The van der Waals surface area contributed by atoms with Crippen LogP contribution in [0.4, 0.5) is 5.69 Å². The lowest BCUT2D eigenvalue weighted by molar-refractivity contribution is -0.112. The molecule has 0 bridgehead atoms. The summed E-state index contributed by atoms with van der Waals surface area (Å²) in [6.45, 7) is 7.87. The Morgan fingerprint density at radius 1 is 1.17 bits per heavy atom. The lowest BCUT2D eigenvalue weighted by atomic mass is 10.0. The number of carbonyl (C=O) groups is 1. The number of benzene rings is 3. The largest absolute Gasteiger partial charge is 0.489 e. The minimum atomic E-state index is -0.455. The highest BCUT2D eigenvalue weighted by molar-refractivity contribution is 6.11. The van der Waals surface area contributed by atoms with Gasteiger partial charge in [0.2, 0.25) is 0 Å². The molecule has 3 rings (SSSR count). The summed E-state index contributed by atoms with van der Waals surface area (Å²) < 4.78 is 5.77. The van der Waals surface area contributed by atoms with Gasteiger partial charge in [0.05, 0.1) is 0 Å². The fourth-order valence-corrected chi connectivity index (χ4v) is 3.05. The van der Waals surface area contributed by atoms with Gasteiger partial charge in [0.15, 0.2) is 0 Å². The van der Waals surface area contributed by atoms with Crippen LogP contribution in [-0.2, 0) is 4.79 Å². The van der Waals surface area contributed by atoms with Gasteiger partial charge in [-0.15, -0.1) is 0 Å². The average molecular weight is 382 g/mol. The summed E-state index contributed by atoms with van der Waals surface area (Å²) in [5, 5.41) is 14.4. The molecule has 1 N–H and O–H groups in total. The number of nitriles is 1. The van der Waals surface area contributed by atoms with Crippen LogP contribution in [0.3, 0.4) is 0 Å². The Morgan fingerprint density at radius 2 is 1.97 bits per heavy atom. The number of nitrogens with one attached hydrogen (secondary N) is 1. The van der Waals surface area contributed by atoms with Gasteiger partial charge in [0.25, 0.3) is 5.91 Å². The van der Waals surface area contributed by atoms with Crippen molar-refractivity contribution >= 4 is 28.4 Å². The summed E-state index contributed by atoms with van der Waals surface area (Å²) in [5.74, 6) is 0.139. The lowest BCUT2D eigenvalue weighted by Crippen LogP contribution is -2.14. The molecule has 0 aliphatic rings. The smallest absolute Gasteiger partial charge is 0.266 e. The number of ether oxygens (including phenoxy) is 1. The van der Waals surface area contributed by atoms with Crippen molar-refractivity contribution in [2.75, 3.05) is 11.9 Å². The SMILES string of the molecule is C=CCOc1ccc2ccccc2c1/C=C(\C#N)C(=O)Nc1cc(C)ccc1C. The molecule has 4 nitrogen and oxygen atoms in total. The van der Waals surface area contributed by atoms with E-state index in [4.69, 9.17) is 4.74 Å². The van der Waals surface area contributed by atoms with E-state index in [1.54, 1.807) is 12.2 Å². The van der Waals surface area contributed by atoms with Crippen molar-refractivity contribution in [3.8, 4) is 11.8 Å². The standard InChI is InChI=1S/C25H22N2O2/c1-4-13-29-24-12-11-19-7-5-6-8-21(19)22(24)15-20(16-26)25(28)27-23-14-17(2)9-10-18(23)3/h4-12,14-15H,1,13H2,2-3H3,(H,27,28)/b20-15+. The number of hydrogen-bond donors (Lipinski definition) is 1. The van der Waals surface area contributed by atoms with Gasteiger partial charge in [-0.2, -0.15) is 5.26 Å². The Labute approximate surface area is 170 Å². The van der Waals surface area contributed by atoms with E-state index in [9.17, 15) is 10.1 Å². The van der Waals surface area contributed by atoms with Crippen LogP contribution >= 0.6 is 0 Å². The first kappa shape index (κ1) is 19.9. The van der Waals surface area contributed by atoms with E-state index in [1.807, 2.05) is 74.5 Å². The van der Waals surface area contributed by atoms with E-state index >= 15 is 0 Å². The number of carbonyl (C=O) groups excluding carboxylic acids is 1. The fourth-order valence-electron chi connectivity index (χ4n) is 3.05. The van der Waals surface area contributed by atoms with Crippen molar-refractivity contribution in [2.24, 2.45) is 0 Å². The number of anilines is 1. The highest BCUT2D eigenvalue weighted by atomic mass is 16.5. The van der Waals surface area contributed by atoms with E-state index in [0.29, 0.717) is 23.6 Å². The zero-order valence-corrected chi connectivity index (χ0v) is 16.5. The molecule has 0 unspecified atom stereocenters. The van der Waals surface area contributed by atoms with E-state index in [0.717, 1.165) is 21.9 Å². The minimum Gasteiger partial charge on any atom is -0.489 e. The number of aryl methyl sites for hydroxylation is 2. The molecule has 0 aromatic heterocycles. The predicted molar refractivity (Wildman–Crippen MR) is 118 cm³/mol. The molecule has 0 aliphatic heterocycles. The monoisotopic (exact) mass is 382 g/mol. The molecule has 0 spiro atoms. The molecule has 144 valence electrons. The second kappa shape index (κ2) is 8.90. The topological polar surface area (TPSA) is 62.1 Å². The highest BCUT2D eigenvalue weighted by Gasteiger charge is 2.14. The fraction of sp³-hybridized carbons (Fsp3) is 0.120. The first-order valence-corrected chi connectivity index (χ1v) is 9.29. The van der Waals surface area contributed by atoms with Crippen molar-refractivity contribution < 1.29 is 9.53 Å². The molecule has 0 atom stereocenters. The van der Waals surface area contributed by atoms with Crippen molar-refractivity contribution in [3.63, 3.8) is 0 Å². The summed E-state index contributed by atoms with van der Waals surface area (Å²) in [5.41, 5.74) is 3.35. The predicted octanol–water partition coefficient (Wildman–Crippen LogP) is 5.57. The van der Waals surface area contributed by atoms with Gasteiger partial charge >= 0.3 is 0 Å². The molecule has 4 heteroatoms. The van der Waals surface area contributed by atoms with E-state index < -0.39 is 5.91 Å². The van der Waals surface area contributed by atoms with Gasteiger partial charge in [-0.1, -0.05) is 55.1 Å². The van der Waals surface area contributed by atoms with Crippen molar-refractivity contribution in [2.45, 2.75) is 13.8 Å². The number of fused-ring (bicyclic) bond motifs is 1. The van der Waals surface area contributed by atoms with Crippen LogP contribution in [0.2, 0.25) is 0 Å². The molecular formula is C25H22N2O2. The third kappa shape index (κ3) is 4.53. The van der Waals surface area contributed by atoms with Gasteiger partial charge in [0.1, 0.15) is 24.0 Å². The molecule has 0 heterocycles. The third-order valence-corrected chi connectivity index (χ3v) is 4.58. The molecule has 0 radical (unpaired) electrons. The minimum absolute atomic E-state index is 0.00529. The van der Waals surface area contributed by atoms with Crippen LogP contribution in [0.5, 0.6) is 5.75 Å². The second-order valence-corrected chi connectivity index (χ2v) is 6.74. The molecule has 29 heavy (non-hydrogen) atoms. The number of amides is 1. The molecule has 0 fully saturated rings. The lowest BCUT2D eigenvalue weighted by Gasteiger charge is -2.12. The normalized spacial score (nSPS) is 11.0. The Balaban J connectivity index is 2.05. The quantitative estimate of drug-likeness (QED) is 0.344. The summed E-state index contributed by atoms with van der Waals surface area (Å²) in [6.07, 6.45) is 3.24. The summed E-state index contributed by atoms with van der Waals surface area (Å²) >= 11 is 0. The van der Waals surface area contributed by atoms with E-state index in [2.05, 4.69) is 11.9 Å². The molecule has 1 amide bonds. The van der Waals surface area contributed by atoms with Crippen LogP contribution in [0.15, 0.2) is 72.8 Å². The maximum atomic E-state index is 12.8. The first-order valence-electron chi connectivity index (χ1n) is 9.29. The van der Waals surface area contributed by atoms with Crippen LogP contribution in [0.25, 0.3) is 16.8 Å². The zero-order valence-electron chi connectivity index (χ0n) is 16.5. The Hall–Kier alpha value is -3.84. The number of hydrogen-bond acceptors (Lipinski definition) is 3. The van der Waals surface area contributed by atoms with E-state index in [1.165, 1.54) is 0 Å². The molecule has 3 aromatic rings. The van der Waals surface area contributed by atoms with Crippen molar-refractivity contribution in [3.05, 3.63) is 89.5 Å². The van der Waals surface area contributed by atoms with Crippen LogP contribution in [0, 0.1) is 25.2 Å². The maximum Gasteiger partial charge on any atom is 0.266 e. The summed E-state index contributed by atoms with van der Waals surface area (Å²) in [6, 6.07) is 19.4. The Morgan fingerprint density at radius 3 is 2.72 bits per heavy atom. The molecule has 0 saturated carbocycles. The van der Waals surface area contributed by atoms with Crippen molar-refractivity contribution in [1.29, 1.82) is 5.26 Å². The van der Waals surface area contributed by atoms with Gasteiger partial charge in [0, 0.05) is 11.3 Å². The van der Waals surface area contributed by atoms with E-state index in [-0.39, 0.29) is 5.57 Å². The van der Waals surface area contributed by atoms with Crippen LogP contribution < -0.4 is 10.1 Å². The number of rotatable bonds is 6. The Kier molecular flexibility index (Phi) is 6.11.